The van der Waals surface area contributed by atoms with Crippen molar-refractivity contribution in [2.75, 3.05) is 6.61 Å². The van der Waals surface area contributed by atoms with E-state index in [1.165, 1.54) is 11.3 Å². The van der Waals surface area contributed by atoms with Crippen LogP contribution in [0.5, 0.6) is 0 Å². The maximum atomic E-state index is 5.57. The third kappa shape index (κ3) is 4.42. The first kappa shape index (κ1) is 15.2. The molecule has 0 spiro atoms. The maximum Gasteiger partial charge on any atom is 0.0666 e. The van der Waals surface area contributed by atoms with Gasteiger partial charge in [-0.05, 0) is 27.7 Å². The number of nitrogens with zero attached hydrogens (tertiary/aromatic N) is 2. The molecule has 0 unspecified atom stereocenters. The summed E-state index contributed by atoms with van der Waals surface area (Å²) in [5.41, 5.74) is 3.67. The standard InChI is InChI=1S/C14H27N3O/c1-10(2)15-9-14-12(5)16-17(13(14)6)7-8-18-11(3)4/h10-11,15H,7-9H2,1-6H3. The van der Waals surface area contributed by atoms with Crippen LogP contribution in [-0.2, 0) is 17.8 Å². The molecule has 1 aromatic rings. The van der Waals surface area contributed by atoms with Crippen LogP contribution in [0.15, 0.2) is 0 Å². The van der Waals surface area contributed by atoms with Gasteiger partial charge in [0.05, 0.1) is 24.9 Å². The molecule has 1 N–H and O–H groups in total. The quantitative estimate of drug-likeness (QED) is 0.811. The van der Waals surface area contributed by atoms with Crippen LogP contribution in [-0.4, -0.2) is 28.5 Å². The highest BCUT2D eigenvalue weighted by Gasteiger charge is 2.11. The van der Waals surface area contributed by atoms with Crippen molar-refractivity contribution in [2.24, 2.45) is 0 Å². The first-order chi connectivity index (χ1) is 8.41. The lowest BCUT2D eigenvalue weighted by Gasteiger charge is -2.10. The Kier molecular flexibility index (Phi) is 5.82. The summed E-state index contributed by atoms with van der Waals surface area (Å²) in [5, 5.41) is 8.03. The van der Waals surface area contributed by atoms with E-state index in [2.05, 4.69) is 56.6 Å². The summed E-state index contributed by atoms with van der Waals surface area (Å²) < 4.78 is 7.62. The van der Waals surface area contributed by atoms with E-state index in [4.69, 9.17) is 4.74 Å². The highest BCUT2D eigenvalue weighted by atomic mass is 16.5. The van der Waals surface area contributed by atoms with Crippen LogP contribution in [0.1, 0.15) is 44.6 Å². The summed E-state index contributed by atoms with van der Waals surface area (Å²) in [6.07, 6.45) is 0.282. The van der Waals surface area contributed by atoms with Crippen molar-refractivity contribution in [3.8, 4) is 0 Å². The third-order valence-electron chi connectivity index (χ3n) is 2.97. The highest BCUT2D eigenvalue weighted by molar-refractivity contribution is 5.24. The fraction of sp³-hybridized carbons (Fsp3) is 0.786. The van der Waals surface area contributed by atoms with Gasteiger partial charge in [0.15, 0.2) is 0 Å². The van der Waals surface area contributed by atoms with Gasteiger partial charge in [0.2, 0.25) is 0 Å². The van der Waals surface area contributed by atoms with E-state index < -0.39 is 0 Å². The SMILES string of the molecule is Cc1nn(CCOC(C)C)c(C)c1CNC(C)C. The molecule has 0 fully saturated rings. The molecular weight excluding hydrogens is 226 g/mol. The van der Waals surface area contributed by atoms with Gasteiger partial charge in [-0.3, -0.25) is 4.68 Å². The minimum Gasteiger partial charge on any atom is -0.377 e. The second-order valence-electron chi connectivity index (χ2n) is 5.33. The molecule has 4 heteroatoms. The fourth-order valence-electron chi connectivity index (χ4n) is 1.89. The van der Waals surface area contributed by atoms with Crippen LogP contribution in [0.3, 0.4) is 0 Å². The molecule has 0 saturated carbocycles. The molecule has 18 heavy (non-hydrogen) atoms. The van der Waals surface area contributed by atoms with E-state index in [0.29, 0.717) is 6.04 Å². The zero-order valence-corrected chi connectivity index (χ0v) is 12.6. The minimum absolute atomic E-state index is 0.282. The predicted octanol–water partition coefficient (Wildman–Crippen LogP) is 2.42. The molecule has 0 aliphatic rings. The topological polar surface area (TPSA) is 39.1 Å². The second kappa shape index (κ2) is 6.90. The Bertz CT molecular complexity index is 369. The Morgan fingerprint density at radius 3 is 2.44 bits per heavy atom. The Morgan fingerprint density at radius 1 is 1.22 bits per heavy atom. The van der Waals surface area contributed by atoms with Crippen LogP contribution < -0.4 is 5.32 Å². The van der Waals surface area contributed by atoms with Crippen LogP contribution >= 0.6 is 0 Å². The second-order valence-corrected chi connectivity index (χ2v) is 5.33. The summed E-state index contributed by atoms with van der Waals surface area (Å²) in [7, 11) is 0. The number of rotatable bonds is 7. The van der Waals surface area contributed by atoms with Crippen LogP contribution in [0.2, 0.25) is 0 Å². The van der Waals surface area contributed by atoms with Crippen molar-refractivity contribution in [2.45, 2.75) is 66.8 Å². The van der Waals surface area contributed by atoms with E-state index in [-0.39, 0.29) is 6.10 Å². The molecule has 4 nitrogen and oxygen atoms in total. The van der Waals surface area contributed by atoms with Gasteiger partial charge in [0.1, 0.15) is 0 Å². The first-order valence-electron chi connectivity index (χ1n) is 6.79. The van der Waals surface area contributed by atoms with Gasteiger partial charge < -0.3 is 10.1 Å². The summed E-state index contributed by atoms with van der Waals surface area (Å²) in [6.45, 7) is 15.1. The molecule has 0 atom stereocenters. The van der Waals surface area contributed by atoms with Crippen molar-refractivity contribution in [1.29, 1.82) is 0 Å². The minimum atomic E-state index is 0.282. The molecule has 0 saturated heterocycles. The van der Waals surface area contributed by atoms with Crippen LogP contribution in [0.4, 0.5) is 0 Å². The molecule has 0 aliphatic heterocycles. The van der Waals surface area contributed by atoms with Gasteiger partial charge in [0, 0.05) is 23.8 Å². The molecule has 0 amide bonds. The summed E-state index contributed by atoms with van der Waals surface area (Å²) in [6, 6.07) is 0.497. The normalized spacial score (nSPS) is 11.8. The first-order valence-corrected chi connectivity index (χ1v) is 6.79. The average molecular weight is 253 g/mol. The van der Waals surface area contributed by atoms with Gasteiger partial charge in [-0.2, -0.15) is 5.10 Å². The Hall–Kier alpha value is -0.870. The molecule has 104 valence electrons. The highest BCUT2D eigenvalue weighted by Crippen LogP contribution is 2.13. The number of nitrogens with one attached hydrogen (secondary N) is 1. The molecule has 1 heterocycles. The number of hydrogen-bond acceptors (Lipinski definition) is 3. The summed E-state index contributed by atoms with van der Waals surface area (Å²) >= 11 is 0. The van der Waals surface area contributed by atoms with Crippen molar-refractivity contribution in [1.82, 2.24) is 15.1 Å². The lowest BCUT2D eigenvalue weighted by Crippen LogP contribution is -2.22. The zero-order chi connectivity index (χ0) is 13.7. The van der Waals surface area contributed by atoms with Crippen molar-refractivity contribution in [3.63, 3.8) is 0 Å². The average Bonchev–Trinajstić information content (AvgIpc) is 2.51. The predicted molar refractivity (Wildman–Crippen MR) is 74.8 cm³/mol. The van der Waals surface area contributed by atoms with Gasteiger partial charge in [0.25, 0.3) is 0 Å². The van der Waals surface area contributed by atoms with Crippen LogP contribution in [0.25, 0.3) is 0 Å². The van der Waals surface area contributed by atoms with E-state index in [1.54, 1.807) is 0 Å². The maximum absolute atomic E-state index is 5.57. The molecule has 0 radical (unpaired) electrons. The number of aryl methyl sites for hydroxylation is 1. The molecule has 0 bridgehead atoms. The lowest BCUT2D eigenvalue weighted by atomic mass is 10.2. The van der Waals surface area contributed by atoms with Gasteiger partial charge in [-0.15, -0.1) is 0 Å². The summed E-state index contributed by atoms with van der Waals surface area (Å²) in [4.78, 5) is 0. The fourth-order valence-corrected chi connectivity index (χ4v) is 1.89. The number of hydrogen-bond donors (Lipinski definition) is 1. The van der Waals surface area contributed by atoms with Gasteiger partial charge in [-0.1, -0.05) is 13.8 Å². The van der Waals surface area contributed by atoms with E-state index in [9.17, 15) is 0 Å². The van der Waals surface area contributed by atoms with Crippen LogP contribution in [0, 0.1) is 13.8 Å². The van der Waals surface area contributed by atoms with Gasteiger partial charge in [-0.25, -0.2) is 0 Å². The van der Waals surface area contributed by atoms with Crippen molar-refractivity contribution < 1.29 is 4.74 Å². The molecule has 1 aromatic heterocycles. The monoisotopic (exact) mass is 253 g/mol. The Morgan fingerprint density at radius 2 is 1.89 bits per heavy atom. The molecule has 0 aliphatic carbocycles. The van der Waals surface area contributed by atoms with Crippen molar-refractivity contribution >= 4 is 0 Å². The molecular formula is C14H27N3O. The molecule has 1 rings (SSSR count). The Balaban J connectivity index is 2.62. The van der Waals surface area contributed by atoms with E-state index in [0.717, 1.165) is 25.4 Å². The molecule has 0 aromatic carbocycles. The lowest BCUT2D eigenvalue weighted by molar-refractivity contribution is 0.0706. The number of aromatic nitrogens is 2. The number of ether oxygens (including phenoxy) is 1. The summed E-state index contributed by atoms with van der Waals surface area (Å²) in [5.74, 6) is 0. The zero-order valence-electron chi connectivity index (χ0n) is 12.6. The Labute approximate surface area is 111 Å². The van der Waals surface area contributed by atoms with E-state index in [1.807, 2.05) is 0 Å². The third-order valence-corrected chi connectivity index (χ3v) is 2.97. The van der Waals surface area contributed by atoms with E-state index >= 15 is 0 Å². The van der Waals surface area contributed by atoms with Crippen molar-refractivity contribution in [3.05, 3.63) is 17.0 Å². The van der Waals surface area contributed by atoms with Gasteiger partial charge >= 0.3 is 0 Å². The smallest absolute Gasteiger partial charge is 0.0666 e. The largest absolute Gasteiger partial charge is 0.377 e.